The Kier molecular flexibility index (Phi) is 6.05. The number of esters is 1. The number of ether oxygens (including phenoxy) is 2. The molecule has 0 aliphatic rings. The molecular formula is C8H14O4. The minimum Gasteiger partial charge on any atom is -0.468 e. The van der Waals surface area contributed by atoms with Gasteiger partial charge >= 0.3 is 5.97 Å². The van der Waals surface area contributed by atoms with Crippen LogP contribution in [0.1, 0.15) is 20.3 Å². The maximum absolute atomic E-state index is 10.4. The second kappa shape index (κ2) is 6.64. The highest BCUT2D eigenvalue weighted by molar-refractivity contribution is 5.65. The Morgan fingerprint density at radius 1 is 1.58 bits per heavy atom. The zero-order chi connectivity index (χ0) is 9.40. The smallest absolute Gasteiger partial charge is 0.302 e. The van der Waals surface area contributed by atoms with Crippen molar-refractivity contribution in [2.24, 2.45) is 5.92 Å². The number of hydrogen-bond acceptors (Lipinski definition) is 4. The summed E-state index contributed by atoms with van der Waals surface area (Å²) in [5, 5.41) is 0. The lowest BCUT2D eigenvalue weighted by atomic mass is 10.1. The Hall–Kier alpha value is -1.06. The Labute approximate surface area is 71.8 Å². The molecule has 0 bridgehead atoms. The fourth-order valence-electron chi connectivity index (χ4n) is 0.660. The summed E-state index contributed by atoms with van der Waals surface area (Å²) >= 11 is 0. The second-order valence-corrected chi connectivity index (χ2v) is 2.66. The van der Waals surface area contributed by atoms with Crippen LogP contribution < -0.4 is 0 Å². The average molecular weight is 174 g/mol. The number of hydrogen-bond donors (Lipinski definition) is 0. The van der Waals surface area contributed by atoms with Crippen molar-refractivity contribution in [3.05, 3.63) is 0 Å². The lowest BCUT2D eigenvalue weighted by Crippen LogP contribution is -2.11. The van der Waals surface area contributed by atoms with Gasteiger partial charge in [-0.3, -0.25) is 9.59 Å². The van der Waals surface area contributed by atoms with Crippen LogP contribution in [-0.4, -0.2) is 25.7 Å². The summed E-state index contributed by atoms with van der Waals surface area (Å²) in [6.07, 6.45) is 0.714. The highest BCUT2D eigenvalue weighted by atomic mass is 16.5. The van der Waals surface area contributed by atoms with Gasteiger partial charge in [-0.25, -0.2) is 0 Å². The second-order valence-electron chi connectivity index (χ2n) is 2.66. The van der Waals surface area contributed by atoms with Crippen LogP contribution in [0.5, 0.6) is 0 Å². The monoisotopic (exact) mass is 174 g/mol. The van der Waals surface area contributed by atoms with E-state index in [1.165, 1.54) is 6.92 Å². The Morgan fingerprint density at radius 3 is 2.75 bits per heavy atom. The molecule has 0 rings (SSSR count). The Balaban J connectivity index is 3.26. The number of carbonyl (C=O) groups is 2. The molecule has 0 amide bonds. The van der Waals surface area contributed by atoms with E-state index in [9.17, 15) is 9.59 Å². The summed E-state index contributed by atoms with van der Waals surface area (Å²) in [5.74, 6) is -0.0491. The van der Waals surface area contributed by atoms with Gasteiger partial charge in [0.25, 0.3) is 6.47 Å². The molecule has 1 unspecified atom stereocenters. The third-order valence-electron chi connectivity index (χ3n) is 1.37. The molecule has 0 aromatic carbocycles. The molecular weight excluding hydrogens is 160 g/mol. The molecule has 0 aromatic rings. The number of carbonyl (C=O) groups excluding carboxylic acids is 2. The van der Waals surface area contributed by atoms with Crippen molar-refractivity contribution in [1.29, 1.82) is 0 Å². The van der Waals surface area contributed by atoms with Crippen LogP contribution in [0.3, 0.4) is 0 Å². The minimum atomic E-state index is -0.279. The molecule has 0 fully saturated rings. The van der Waals surface area contributed by atoms with Crippen molar-refractivity contribution < 1.29 is 19.1 Å². The molecule has 0 heterocycles. The third-order valence-corrected chi connectivity index (χ3v) is 1.37. The van der Waals surface area contributed by atoms with Crippen LogP contribution in [-0.2, 0) is 19.1 Å². The van der Waals surface area contributed by atoms with Gasteiger partial charge in [0.15, 0.2) is 0 Å². The quantitative estimate of drug-likeness (QED) is 0.338. The molecule has 0 aliphatic heterocycles. The van der Waals surface area contributed by atoms with Gasteiger partial charge in [-0.15, -0.1) is 0 Å². The Morgan fingerprint density at radius 2 is 2.25 bits per heavy atom. The van der Waals surface area contributed by atoms with Gasteiger partial charge in [0.05, 0.1) is 13.2 Å². The molecule has 4 heteroatoms. The van der Waals surface area contributed by atoms with E-state index >= 15 is 0 Å². The van der Waals surface area contributed by atoms with Crippen molar-refractivity contribution in [2.75, 3.05) is 13.2 Å². The Bertz CT molecular complexity index is 144. The first-order valence-corrected chi connectivity index (χ1v) is 3.85. The lowest BCUT2D eigenvalue weighted by Gasteiger charge is -2.09. The third kappa shape index (κ3) is 7.05. The van der Waals surface area contributed by atoms with E-state index in [0.717, 1.165) is 0 Å². The van der Waals surface area contributed by atoms with E-state index in [4.69, 9.17) is 4.74 Å². The first kappa shape index (κ1) is 10.9. The van der Waals surface area contributed by atoms with Crippen molar-refractivity contribution in [3.8, 4) is 0 Å². The van der Waals surface area contributed by atoms with Crippen LogP contribution in [0.2, 0.25) is 0 Å². The molecule has 0 saturated heterocycles. The van der Waals surface area contributed by atoms with Gasteiger partial charge in [0, 0.05) is 6.92 Å². The zero-order valence-corrected chi connectivity index (χ0v) is 7.41. The molecule has 0 aromatic heterocycles. The van der Waals surface area contributed by atoms with Crippen molar-refractivity contribution in [3.63, 3.8) is 0 Å². The molecule has 4 nitrogen and oxygen atoms in total. The zero-order valence-electron chi connectivity index (χ0n) is 7.41. The molecule has 0 N–H and O–H groups in total. The van der Waals surface area contributed by atoms with Crippen LogP contribution in [0, 0.1) is 5.92 Å². The van der Waals surface area contributed by atoms with Crippen LogP contribution in [0.25, 0.3) is 0 Å². The van der Waals surface area contributed by atoms with Crippen LogP contribution >= 0.6 is 0 Å². The van der Waals surface area contributed by atoms with E-state index in [1.807, 2.05) is 6.92 Å². The molecule has 12 heavy (non-hydrogen) atoms. The van der Waals surface area contributed by atoms with E-state index in [-0.39, 0.29) is 11.9 Å². The average Bonchev–Trinajstić information content (AvgIpc) is 2.01. The van der Waals surface area contributed by atoms with E-state index in [2.05, 4.69) is 4.74 Å². The van der Waals surface area contributed by atoms with Gasteiger partial charge < -0.3 is 9.47 Å². The van der Waals surface area contributed by atoms with Gasteiger partial charge in [-0.2, -0.15) is 0 Å². The van der Waals surface area contributed by atoms with Gasteiger partial charge in [0.2, 0.25) is 0 Å². The summed E-state index contributed by atoms with van der Waals surface area (Å²) < 4.78 is 9.24. The predicted octanol–water partition coefficient (Wildman–Crippen LogP) is 0.749. The van der Waals surface area contributed by atoms with E-state index in [0.29, 0.717) is 26.1 Å². The molecule has 0 aliphatic carbocycles. The van der Waals surface area contributed by atoms with Gasteiger partial charge in [0.1, 0.15) is 0 Å². The lowest BCUT2D eigenvalue weighted by molar-refractivity contribution is -0.142. The topological polar surface area (TPSA) is 52.6 Å². The van der Waals surface area contributed by atoms with Crippen LogP contribution in [0.4, 0.5) is 0 Å². The summed E-state index contributed by atoms with van der Waals surface area (Å²) in [7, 11) is 0. The van der Waals surface area contributed by atoms with Crippen molar-refractivity contribution >= 4 is 12.4 Å². The van der Waals surface area contributed by atoms with E-state index in [1.54, 1.807) is 0 Å². The van der Waals surface area contributed by atoms with Crippen LogP contribution in [0.15, 0.2) is 0 Å². The number of rotatable bonds is 6. The first-order valence-electron chi connectivity index (χ1n) is 3.85. The minimum absolute atomic E-state index is 0.230. The molecule has 0 radical (unpaired) electrons. The highest BCUT2D eigenvalue weighted by Gasteiger charge is 2.03. The normalized spacial score (nSPS) is 11.8. The van der Waals surface area contributed by atoms with Gasteiger partial charge in [-0.1, -0.05) is 6.92 Å². The van der Waals surface area contributed by atoms with Gasteiger partial charge in [-0.05, 0) is 12.3 Å². The first-order chi connectivity index (χ1) is 5.66. The predicted molar refractivity (Wildman–Crippen MR) is 42.4 cm³/mol. The SMILES string of the molecule is CC(=O)OCC(C)CCOC=O. The maximum Gasteiger partial charge on any atom is 0.302 e. The van der Waals surface area contributed by atoms with Crippen molar-refractivity contribution in [2.45, 2.75) is 20.3 Å². The summed E-state index contributed by atoms with van der Waals surface area (Å²) in [6, 6.07) is 0. The summed E-state index contributed by atoms with van der Waals surface area (Å²) in [6.45, 7) is 4.48. The maximum atomic E-state index is 10.4. The largest absolute Gasteiger partial charge is 0.468 e. The fraction of sp³-hybridized carbons (Fsp3) is 0.750. The van der Waals surface area contributed by atoms with E-state index < -0.39 is 0 Å². The molecule has 0 spiro atoms. The van der Waals surface area contributed by atoms with Crippen molar-refractivity contribution in [1.82, 2.24) is 0 Å². The molecule has 1 atom stereocenters. The summed E-state index contributed by atoms with van der Waals surface area (Å²) in [5.41, 5.74) is 0. The highest BCUT2D eigenvalue weighted by Crippen LogP contribution is 2.01. The molecule has 70 valence electrons. The summed E-state index contributed by atoms with van der Waals surface area (Å²) in [4.78, 5) is 20.1. The molecule has 0 saturated carbocycles. The fourth-order valence-corrected chi connectivity index (χ4v) is 0.660. The standard InChI is InChI=1S/C8H14O4/c1-7(3-4-11-6-9)5-12-8(2)10/h6-7H,3-5H2,1-2H3.